The van der Waals surface area contributed by atoms with Gasteiger partial charge in [-0.05, 0) is 50.4 Å². The first-order chi connectivity index (χ1) is 16.1. The summed E-state index contributed by atoms with van der Waals surface area (Å²) in [4.78, 5) is 31.2. The summed E-state index contributed by atoms with van der Waals surface area (Å²) in [6, 6.07) is 9.51. The van der Waals surface area contributed by atoms with Crippen molar-refractivity contribution >= 4 is 5.91 Å². The molecule has 3 aliphatic heterocycles. The summed E-state index contributed by atoms with van der Waals surface area (Å²) < 4.78 is 16.1. The Morgan fingerprint density at radius 2 is 1.85 bits per heavy atom. The summed E-state index contributed by atoms with van der Waals surface area (Å²) in [5.41, 5.74) is 1.31. The van der Waals surface area contributed by atoms with Crippen molar-refractivity contribution in [2.24, 2.45) is 11.8 Å². The number of pyridine rings is 1. The molecule has 3 aliphatic rings. The maximum atomic E-state index is 14.4. The molecule has 176 valence electrons. The van der Waals surface area contributed by atoms with E-state index in [0.717, 1.165) is 51.0 Å². The second-order valence-electron chi connectivity index (χ2n) is 9.59. The molecule has 1 amide bonds. The number of benzene rings is 1. The van der Waals surface area contributed by atoms with Crippen LogP contribution in [-0.2, 0) is 11.3 Å². The largest absolute Gasteiger partial charge is 0.396 e. The summed E-state index contributed by atoms with van der Waals surface area (Å²) in [7, 11) is 0. The molecule has 0 saturated carbocycles. The average molecular weight is 454 g/mol. The molecule has 2 saturated heterocycles. The zero-order valence-electron chi connectivity index (χ0n) is 19.1. The minimum Gasteiger partial charge on any atom is -0.396 e. The van der Waals surface area contributed by atoms with Crippen molar-refractivity contribution in [2.45, 2.75) is 51.2 Å². The molecule has 33 heavy (non-hydrogen) atoms. The van der Waals surface area contributed by atoms with Gasteiger partial charge >= 0.3 is 0 Å². The van der Waals surface area contributed by atoms with E-state index in [0.29, 0.717) is 17.7 Å². The highest BCUT2D eigenvalue weighted by atomic mass is 19.1. The Morgan fingerprint density at radius 3 is 2.55 bits per heavy atom. The highest BCUT2D eigenvalue weighted by Crippen LogP contribution is 2.49. The average Bonchev–Trinajstić information content (AvgIpc) is 3.36. The Balaban J connectivity index is 1.54. The van der Waals surface area contributed by atoms with Crippen molar-refractivity contribution in [3.63, 3.8) is 0 Å². The third-order valence-corrected chi connectivity index (χ3v) is 7.76. The Bertz CT molecular complexity index is 1090. The van der Waals surface area contributed by atoms with Gasteiger partial charge in [-0.2, -0.15) is 0 Å². The van der Waals surface area contributed by atoms with Crippen LogP contribution in [-0.4, -0.2) is 57.7 Å². The molecule has 1 aromatic carbocycles. The minimum absolute atomic E-state index is 0.0242. The fourth-order valence-electron chi connectivity index (χ4n) is 6.29. The molecule has 5 rings (SSSR count). The topological polar surface area (TPSA) is 65.8 Å². The molecule has 1 aromatic heterocycles. The minimum atomic E-state index is -0.415. The quantitative estimate of drug-likeness (QED) is 0.756. The van der Waals surface area contributed by atoms with Gasteiger partial charge in [0.1, 0.15) is 5.82 Å². The predicted octanol–water partition coefficient (Wildman–Crippen LogP) is 3.04. The third kappa shape index (κ3) is 3.62. The summed E-state index contributed by atoms with van der Waals surface area (Å²) in [5, 5.41) is 10.4. The van der Waals surface area contributed by atoms with Gasteiger partial charge in [0.2, 0.25) is 5.91 Å². The molecule has 0 radical (unpaired) electrons. The number of likely N-dealkylation sites (tertiary alicyclic amines) is 2. The molecule has 4 heterocycles. The normalized spacial score (nSPS) is 26.9. The molecule has 6 nitrogen and oxygen atoms in total. The van der Waals surface area contributed by atoms with Crippen molar-refractivity contribution in [1.29, 1.82) is 0 Å². The molecule has 0 spiro atoms. The van der Waals surface area contributed by atoms with E-state index >= 15 is 0 Å². The molecular weight excluding hydrogens is 421 g/mol. The van der Waals surface area contributed by atoms with Gasteiger partial charge in [0.25, 0.3) is 5.56 Å². The Morgan fingerprint density at radius 1 is 1.09 bits per heavy atom. The highest BCUT2D eigenvalue weighted by molar-refractivity contribution is 5.83. The van der Waals surface area contributed by atoms with E-state index in [9.17, 15) is 19.1 Å². The van der Waals surface area contributed by atoms with Crippen LogP contribution < -0.4 is 5.56 Å². The fraction of sp³-hybridized carbons (Fsp3) is 0.538. The van der Waals surface area contributed by atoms with Crippen molar-refractivity contribution in [3.8, 4) is 11.1 Å². The number of nitrogens with zero attached hydrogens (tertiary/aromatic N) is 3. The number of aliphatic hydroxyl groups excluding tert-OH is 1. The van der Waals surface area contributed by atoms with Gasteiger partial charge in [-0.1, -0.05) is 25.1 Å². The van der Waals surface area contributed by atoms with Gasteiger partial charge in [-0.15, -0.1) is 0 Å². The monoisotopic (exact) mass is 453 g/mol. The number of fused-ring (bicyclic) bond motifs is 3. The van der Waals surface area contributed by atoms with E-state index in [1.54, 1.807) is 28.8 Å². The van der Waals surface area contributed by atoms with Gasteiger partial charge in [0.05, 0.1) is 17.6 Å². The van der Waals surface area contributed by atoms with E-state index in [-0.39, 0.29) is 42.0 Å². The number of carbonyl (C=O) groups is 1. The smallest absolute Gasteiger partial charge is 0.258 e. The van der Waals surface area contributed by atoms with Crippen LogP contribution in [0.1, 0.15) is 44.3 Å². The van der Waals surface area contributed by atoms with Gasteiger partial charge < -0.3 is 14.6 Å². The number of hydrogen-bond acceptors (Lipinski definition) is 4. The number of aromatic nitrogens is 1. The number of piperidine rings is 1. The summed E-state index contributed by atoms with van der Waals surface area (Å²) in [6.45, 7) is 4.73. The van der Waals surface area contributed by atoms with Crippen molar-refractivity contribution in [1.82, 2.24) is 14.4 Å². The van der Waals surface area contributed by atoms with Crippen molar-refractivity contribution in [3.05, 3.63) is 58.3 Å². The van der Waals surface area contributed by atoms with Crippen LogP contribution in [0.15, 0.2) is 41.2 Å². The van der Waals surface area contributed by atoms with E-state index < -0.39 is 5.82 Å². The second-order valence-corrected chi connectivity index (χ2v) is 9.59. The SMILES string of the molecule is CCCN1[C@H](C(=O)N2CCCCC2)[C@@H](CO)[C@@H]2Cn3c(ccc(-c4ccccc4F)c3=O)[C@@H]21. The van der Waals surface area contributed by atoms with Crippen LogP contribution >= 0.6 is 0 Å². The zero-order valence-corrected chi connectivity index (χ0v) is 19.1. The maximum Gasteiger partial charge on any atom is 0.258 e. The van der Waals surface area contributed by atoms with Crippen molar-refractivity contribution < 1.29 is 14.3 Å². The second kappa shape index (κ2) is 9.03. The van der Waals surface area contributed by atoms with Crippen LogP contribution in [0.2, 0.25) is 0 Å². The summed E-state index contributed by atoms with van der Waals surface area (Å²) in [5.74, 6) is -0.550. The van der Waals surface area contributed by atoms with E-state index in [2.05, 4.69) is 11.8 Å². The third-order valence-electron chi connectivity index (χ3n) is 7.76. The Hall–Kier alpha value is -2.51. The van der Waals surface area contributed by atoms with Crippen LogP contribution in [0.3, 0.4) is 0 Å². The number of hydrogen-bond donors (Lipinski definition) is 1. The molecular formula is C26H32FN3O3. The molecule has 4 atom stereocenters. The van der Waals surface area contributed by atoms with E-state index in [1.807, 2.05) is 11.0 Å². The maximum absolute atomic E-state index is 14.4. The van der Waals surface area contributed by atoms with Crippen LogP contribution in [0.5, 0.6) is 0 Å². The molecule has 7 heteroatoms. The van der Waals surface area contributed by atoms with Gasteiger partial charge in [0, 0.05) is 49.3 Å². The fourth-order valence-corrected chi connectivity index (χ4v) is 6.29. The van der Waals surface area contributed by atoms with E-state index in [4.69, 9.17) is 0 Å². The zero-order chi connectivity index (χ0) is 23.1. The lowest BCUT2D eigenvalue weighted by Crippen LogP contribution is -2.51. The lowest BCUT2D eigenvalue weighted by atomic mass is 9.88. The number of amides is 1. The van der Waals surface area contributed by atoms with Crippen LogP contribution in [0.4, 0.5) is 4.39 Å². The summed E-state index contributed by atoms with van der Waals surface area (Å²) in [6.07, 6.45) is 4.09. The van der Waals surface area contributed by atoms with Crippen LogP contribution in [0, 0.1) is 17.7 Å². The molecule has 1 N–H and O–H groups in total. The number of halogens is 1. The summed E-state index contributed by atoms with van der Waals surface area (Å²) >= 11 is 0. The molecule has 0 unspecified atom stereocenters. The molecule has 0 aliphatic carbocycles. The Kier molecular flexibility index (Phi) is 6.10. The van der Waals surface area contributed by atoms with Gasteiger partial charge in [-0.25, -0.2) is 4.39 Å². The first kappa shape index (κ1) is 22.3. The van der Waals surface area contributed by atoms with Crippen molar-refractivity contribution in [2.75, 3.05) is 26.2 Å². The van der Waals surface area contributed by atoms with E-state index in [1.165, 1.54) is 6.07 Å². The Labute approximate surface area is 193 Å². The molecule has 2 fully saturated rings. The first-order valence-corrected chi connectivity index (χ1v) is 12.2. The number of rotatable bonds is 5. The lowest BCUT2D eigenvalue weighted by Gasteiger charge is -2.36. The van der Waals surface area contributed by atoms with Gasteiger partial charge in [-0.3, -0.25) is 14.5 Å². The first-order valence-electron chi connectivity index (χ1n) is 12.2. The highest BCUT2D eigenvalue weighted by Gasteiger charge is 2.55. The lowest BCUT2D eigenvalue weighted by molar-refractivity contribution is -0.139. The predicted molar refractivity (Wildman–Crippen MR) is 124 cm³/mol. The molecule has 0 bridgehead atoms. The molecule has 2 aromatic rings. The standard InChI is InChI=1S/C26H32FN3O3/c1-2-12-29-23-19(20(16-31)24(29)26(33)28-13-6-3-7-14-28)15-30-22(23)11-10-18(25(30)32)17-8-4-5-9-21(17)27/h4-5,8-11,19-20,23-24,31H,2-3,6-7,12-16H2,1H3/t19-,20-,23+,24-/m0/s1. The van der Waals surface area contributed by atoms with Gasteiger partial charge in [0.15, 0.2) is 0 Å². The number of aliphatic hydroxyl groups is 1. The number of carbonyl (C=O) groups excluding carboxylic acids is 1. The van der Waals surface area contributed by atoms with Crippen LogP contribution in [0.25, 0.3) is 11.1 Å².